The van der Waals surface area contributed by atoms with E-state index in [1.54, 1.807) is 0 Å². The molecule has 0 heterocycles. The van der Waals surface area contributed by atoms with Gasteiger partial charge in [-0.3, -0.25) is 4.79 Å². The molecule has 0 saturated carbocycles. The molecule has 0 radical (unpaired) electrons. The van der Waals surface area contributed by atoms with Gasteiger partial charge in [-0.2, -0.15) is 0 Å². The second-order valence-corrected chi connectivity index (χ2v) is 4.62. The fourth-order valence-electron chi connectivity index (χ4n) is 1.91. The Balaban J connectivity index is 1.65. The Labute approximate surface area is 130 Å². The summed E-state index contributed by atoms with van der Waals surface area (Å²) in [6, 6.07) is 16.9. The van der Waals surface area contributed by atoms with Crippen molar-refractivity contribution in [3.05, 3.63) is 60.2 Å². The Bertz CT molecular complexity index is 587. The molecule has 3 N–H and O–H groups in total. The summed E-state index contributed by atoms with van der Waals surface area (Å²) in [7, 11) is 0. The van der Waals surface area contributed by atoms with Crippen molar-refractivity contribution < 1.29 is 14.3 Å². The summed E-state index contributed by atoms with van der Waals surface area (Å²) in [4.78, 5) is 11.8. The first-order valence-corrected chi connectivity index (χ1v) is 7.13. The van der Waals surface area contributed by atoms with Crippen molar-refractivity contribution in [1.82, 2.24) is 0 Å². The number of hydrogen-bond acceptors (Lipinski definition) is 4. The van der Waals surface area contributed by atoms with Crippen LogP contribution in [0.3, 0.4) is 0 Å². The lowest BCUT2D eigenvalue weighted by Crippen LogP contribution is -2.21. The highest BCUT2D eigenvalue weighted by atomic mass is 16.5. The summed E-state index contributed by atoms with van der Waals surface area (Å²) < 4.78 is 10.8. The maximum Gasteiger partial charge on any atom is 0.250 e. The van der Waals surface area contributed by atoms with Crippen LogP contribution in [0.25, 0.3) is 0 Å². The summed E-state index contributed by atoms with van der Waals surface area (Å²) in [5.74, 6) is 0.577. The molecular weight excluding hydrogens is 280 g/mol. The molecule has 0 fully saturated rings. The molecule has 0 aromatic heterocycles. The number of nitrogens with one attached hydrogen (secondary N) is 1. The Morgan fingerprint density at radius 1 is 1.00 bits per heavy atom. The van der Waals surface area contributed by atoms with E-state index in [0.717, 1.165) is 17.0 Å². The van der Waals surface area contributed by atoms with Gasteiger partial charge >= 0.3 is 0 Å². The van der Waals surface area contributed by atoms with Gasteiger partial charge in [0, 0.05) is 12.2 Å². The molecule has 0 spiro atoms. The highest BCUT2D eigenvalue weighted by Crippen LogP contribution is 2.13. The Hall–Kier alpha value is -2.37. The van der Waals surface area contributed by atoms with Crippen molar-refractivity contribution in [1.29, 1.82) is 0 Å². The van der Waals surface area contributed by atoms with Crippen molar-refractivity contribution in [2.75, 3.05) is 25.1 Å². The van der Waals surface area contributed by atoms with E-state index in [1.807, 2.05) is 54.6 Å². The number of rotatable bonds is 8. The molecule has 0 aliphatic rings. The third-order valence-corrected chi connectivity index (χ3v) is 2.98. The van der Waals surface area contributed by atoms with Gasteiger partial charge in [-0.1, -0.05) is 36.4 Å². The van der Waals surface area contributed by atoms with Crippen molar-refractivity contribution >= 4 is 11.6 Å². The van der Waals surface area contributed by atoms with Gasteiger partial charge < -0.3 is 20.5 Å². The van der Waals surface area contributed by atoms with E-state index in [2.05, 4.69) is 5.32 Å². The second kappa shape index (κ2) is 8.81. The molecule has 5 nitrogen and oxygen atoms in total. The zero-order valence-electron chi connectivity index (χ0n) is 12.3. The number of carbonyl (C=O) groups is 1. The molecular formula is C17H20N2O3. The maximum atomic E-state index is 11.8. The molecule has 2 aromatic rings. The van der Waals surface area contributed by atoms with Gasteiger partial charge in [-0.15, -0.1) is 0 Å². The predicted molar refractivity (Wildman–Crippen MR) is 85.7 cm³/mol. The Morgan fingerprint density at radius 2 is 1.73 bits per heavy atom. The van der Waals surface area contributed by atoms with Crippen LogP contribution in [-0.2, 0) is 16.1 Å². The van der Waals surface area contributed by atoms with E-state index in [4.69, 9.17) is 15.2 Å². The number of ether oxygens (including phenoxy) is 2. The molecule has 2 rings (SSSR count). The van der Waals surface area contributed by atoms with E-state index < -0.39 is 0 Å². The van der Waals surface area contributed by atoms with Crippen molar-refractivity contribution in [3.63, 3.8) is 0 Å². The molecule has 0 unspecified atom stereocenters. The normalized spacial score (nSPS) is 10.2. The number of anilines is 1. The quantitative estimate of drug-likeness (QED) is 0.733. The first kappa shape index (κ1) is 16.0. The van der Waals surface area contributed by atoms with Crippen molar-refractivity contribution in [3.8, 4) is 5.75 Å². The maximum absolute atomic E-state index is 11.8. The standard InChI is InChI=1S/C17H20N2O3/c18-12-14-6-4-5-9-16(14)19-17(20)13-21-10-11-22-15-7-2-1-3-8-15/h1-9H,10-13,18H2,(H,19,20). The summed E-state index contributed by atoms with van der Waals surface area (Å²) in [5.41, 5.74) is 7.24. The fraction of sp³-hybridized carbons (Fsp3) is 0.235. The lowest BCUT2D eigenvalue weighted by atomic mass is 10.2. The van der Waals surface area contributed by atoms with Gasteiger partial charge in [0.25, 0.3) is 0 Å². The average Bonchev–Trinajstić information content (AvgIpc) is 2.56. The highest BCUT2D eigenvalue weighted by molar-refractivity contribution is 5.92. The van der Waals surface area contributed by atoms with Gasteiger partial charge in [-0.05, 0) is 23.8 Å². The van der Waals surface area contributed by atoms with Crippen molar-refractivity contribution in [2.45, 2.75) is 6.54 Å². The number of hydrogen-bond donors (Lipinski definition) is 2. The Morgan fingerprint density at radius 3 is 2.50 bits per heavy atom. The predicted octanol–water partition coefficient (Wildman–Crippen LogP) is 2.18. The SMILES string of the molecule is NCc1ccccc1NC(=O)COCCOc1ccccc1. The number of carbonyl (C=O) groups excluding carboxylic acids is 1. The van der Waals surface area contributed by atoms with E-state index in [-0.39, 0.29) is 12.5 Å². The van der Waals surface area contributed by atoms with E-state index >= 15 is 0 Å². The van der Waals surface area contributed by atoms with Crippen LogP contribution in [0.4, 0.5) is 5.69 Å². The molecule has 0 bridgehead atoms. The van der Waals surface area contributed by atoms with Crippen LogP contribution >= 0.6 is 0 Å². The van der Waals surface area contributed by atoms with Gasteiger partial charge in [-0.25, -0.2) is 0 Å². The number of nitrogens with two attached hydrogens (primary N) is 1. The van der Waals surface area contributed by atoms with Gasteiger partial charge in [0.15, 0.2) is 0 Å². The van der Waals surface area contributed by atoms with E-state index in [9.17, 15) is 4.79 Å². The monoisotopic (exact) mass is 300 g/mol. The van der Waals surface area contributed by atoms with Crippen LogP contribution in [0.5, 0.6) is 5.75 Å². The van der Waals surface area contributed by atoms with Crippen LogP contribution in [0.15, 0.2) is 54.6 Å². The van der Waals surface area contributed by atoms with Gasteiger partial charge in [0.2, 0.25) is 5.91 Å². The number of benzene rings is 2. The summed E-state index contributed by atoms with van der Waals surface area (Å²) >= 11 is 0. The van der Waals surface area contributed by atoms with Crippen LogP contribution in [0, 0.1) is 0 Å². The minimum absolute atomic E-state index is 0.0168. The minimum atomic E-state index is -0.208. The zero-order valence-corrected chi connectivity index (χ0v) is 12.3. The first-order valence-electron chi connectivity index (χ1n) is 7.13. The molecule has 1 amide bonds. The largest absolute Gasteiger partial charge is 0.491 e. The molecule has 0 aliphatic heterocycles. The third-order valence-electron chi connectivity index (χ3n) is 2.98. The van der Waals surface area contributed by atoms with Crippen molar-refractivity contribution in [2.24, 2.45) is 5.73 Å². The van der Waals surface area contributed by atoms with Crippen LogP contribution in [0.1, 0.15) is 5.56 Å². The third kappa shape index (κ3) is 5.20. The lowest BCUT2D eigenvalue weighted by molar-refractivity contribution is -0.120. The number of para-hydroxylation sites is 2. The molecule has 116 valence electrons. The molecule has 2 aromatic carbocycles. The van der Waals surface area contributed by atoms with Crippen LogP contribution in [0.2, 0.25) is 0 Å². The van der Waals surface area contributed by atoms with E-state index in [1.165, 1.54) is 0 Å². The number of amides is 1. The molecule has 0 saturated heterocycles. The minimum Gasteiger partial charge on any atom is -0.491 e. The molecule has 0 aliphatic carbocycles. The zero-order chi connectivity index (χ0) is 15.6. The van der Waals surface area contributed by atoms with E-state index in [0.29, 0.717) is 19.8 Å². The first-order chi connectivity index (χ1) is 10.8. The van der Waals surface area contributed by atoms with Gasteiger partial charge in [0.1, 0.15) is 19.0 Å². The summed E-state index contributed by atoms with van der Waals surface area (Å²) in [6.45, 7) is 1.11. The average molecular weight is 300 g/mol. The van der Waals surface area contributed by atoms with Gasteiger partial charge in [0.05, 0.1) is 6.61 Å². The van der Waals surface area contributed by atoms with Crippen LogP contribution < -0.4 is 15.8 Å². The summed E-state index contributed by atoms with van der Waals surface area (Å²) in [5, 5.41) is 2.79. The summed E-state index contributed by atoms with van der Waals surface area (Å²) in [6.07, 6.45) is 0. The molecule has 22 heavy (non-hydrogen) atoms. The lowest BCUT2D eigenvalue weighted by Gasteiger charge is -2.10. The topological polar surface area (TPSA) is 73.6 Å². The second-order valence-electron chi connectivity index (χ2n) is 4.62. The van der Waals surface area contributed by atoms with Crippen LogP contribution in [-0.4, -0.2) is 25.7 Å². The fourth-order valence-corrected chi connectivity index (χ4v) is 1.91. The molecule has 5 heteroatoms. The molecule has 0 atom stereocenters. The highest BCUT2D eigenvalue weighted by Gasteiger charge is 2.05. The smallest absolute Gasteiger partial charge is 0.250 e. The Kier molecular flexibility index (Phi) is 6.41.